The second-order valence-electron chi connectivity index (χ2n) is 9.01. The third-order valence-corrected chi connectivity index (χ3v) is 5.99. The number of carbonyl (C=O) groups is 1. The standard InChI is InChI=1S/C29H33N3O3/c1-5-34-29(33)17-24-9-6-7-12-28(24)35-18-26-25-16-23(13-14-27(25)32(31-26)19(2)3)22-11-8-10-21(15-22)20(4)30/h6-16,19-20H,5,17-18,30H2,1-4H3/t20-/m1/s1. The van der Waals surface area contributed by atoms with Crippen LogP contribution in [0.3, 0.4) is 0 Å². The third-order valence-electron chi connectivity index (χ3n) is 5.99. The van der Waals surface area contributed by atoms with Crippen molar-refractivity contribution in [1.82, 2.24) is 9.78 Å². The molecular weight excluding hydrogens is 438 g/mol. The Kier molecular flexibility index (Phi) is 7.51. The molecule has 0 amide bonds. The van der Waals surface area contributed by atoms with Gasteiger partial charge < -0.3 is 15.2 Å². The lowest BCUT2D eigenvalue weighted by Crippen LogP contribution is -2.09. The Bertz CT molecular complexity index is 1320. The number of carbonyl (C=O) groups excluding carboxylic acids is 1. The number of ether oxygens (including phenoxy) is 2. The molecule has 0 spiro atoms. The average Bonchev–Trinajstić information content (AvgIpc) is 3.22. The molecule has 0 bridgehead atoms. The van der Waals surface area contributed by atoms with E-state index in [9.17, 15) is 4.79 Å². The number of nitrogens with two attached hydrogens (primary N) is 1. The largest absolute Gasteiger partial charge is 0.487 e. The lowest BCUT2D eigenvalue weighted by molar-refractivity contribution is -0.142. The van der Waals surface area contributed by atoms with E-state index in [0.29, 0.717) is 19.0 Å². The van der Waals surface area contributed by atoms with Crippen LogP contribution in [0.4, 0.5) is 0 Å². The molecule has 1 atom stereocenters. The van der Waals surface area contributed by atoms with E-state index in [1.165, 1.54) is 0 Å². The first-order valence-electron chi connectivity index (χ1n) is 12.1. The van der Waals surface area contributed by atoms with Crippen molar-refractivity contribution in [1.29, 1.82) is 0 Å². The number of fused-ring (bicyclic) bond motifs is 1. The van der Waals surface area contributed by atoms with Gasteiger partial charge in [0.05, 0.1) is 18.5 Å². The van der Waals surface area contributed by atoms with Gasteiger partial charge in [-0.1, -0.05) is 42.5 Å². The third kappa shape index (κ3) is 5.54. The van der Waals surface area contributed by atoms with Gasteiger partial charge >= 0.3 is 5.97 Å². The fourth-order valence-electron chi connectivity index (χ4n) is 4.19. The summed E-state index contributed by atoms with van der Waals surface area (Å²) in [6, 6.07) is 22.5. The molecule has 0 unspecified atom stereocenters. The summed E-state index contributed by atoms with van der Waals surface area (Å²) in [5.41, 5.74) is 12.1. The predicted molar refractivity (Wildman–Crippen MR) is 139 cm³/mol. The molecule has 3 aromatic carbocycles. The Balaban J connectivity index is 1.67. The van der Waals surface area contributed by atoms with Crippen molar-refractivity contribution in [3.63, 3.8) is 0 Å². The van der Waals surface area contributed by atoms with Crippen molar-refractivity contribution in [3.8, 4) is 16.9 Å². The minimum absolute atomic E-state index is 0.0268. The van der Waals surface area contributed by atoms with Crippen molar-refractivity contribution >= 4 is 16.9 Å². The van der Waals surface area contributed by atoms with Crippen LogP contribution in [0.15, 0.2) is 66.7 Å². The van der Waals surface area contributed by atoms with Gasteiger partial charge in [0.1, 0.15) is 18.1 Å². The molecule has 6 nitrogen and oxygen atoms in total. The first kappa shape index (κ1) is 24.5. The summed E-state index contributed by atoms with van der Waals surface area (Å²) in [7, 11) is 0. The van der Waals surface area contributed by atoms with E-state index in [1.807, 2.05) is 41.9 Å². The maximum Gasteiger partial charge on any atom is 0.310 e. The number of hydrogen-bond donors (Lipinski definition) is 1. The maximum absolute atomic E-state index is 12.0. The molecule has 0 aliphatic rings. The van der Waals surface area contributed by atoms with E-state index in [4.69, 9.17) is 20.3 Å². The van der Waals surface area contributed by atoms with E-state index in [0.717, 1.165) is 38.9 Å². The molecule has 182 valence electrons. The highest BCUT2D eigenvalue weighted by molar-refractivity contribution is 5.87. The SMILES string of the molecule is CCOC(=O)Cc1ccccc1OCc1nn(C(C)C)c2ccc(-c3cccc([C@@H](C)N)c3)cc12. The van der Waals surface area contributed by atoms with Crippen LogP contribution in [-0.2, 0) is 22.6 Å². The lowest BCUT2D eigenvalue weighted by Gasteiger charge is -2.11. The Morgan fingerprint density at radius 3 is 2.51 bits per heavy atom. The highest BCUT2D eigenvalue weighted by Crippen LogP contribution is 2.30. The molecule has 4 aromatic rings. The van der Waals surface area contributed by atoms with Crippen LogP contribution in [0.25, 0.3) is 22.0 Å². The molecule has 35 heavy (non-hydrogen) atoms. The predicted octanol–water partition coefficient (Wildman–Crippen LogP) is 5.99. The number of para-hydroxylation sites is 1. The molecule has 0 saturated heterocycles. The van der Waals surface area contributed by atoms with Gasteiger partial charge in [0, 0.05) is 23.0 Å². The summed E-state index contributed by atoms with van der Waals surface area (Å²) >= 11 is 0. The first-order chi connectivity index (χ1) is 16.9. The van der Waals surface area contributed by atoms with Crippen molar-refractivity contribution in [2.45, 2.75) is 52.8 Å². The number of nitrogens with zero attached hydrogens (tertiary/aromatic N) is 2. The van der Waals surface area contributed by atoms with Crippen LogP contribution in [0.5, 0.6) is 5.75 Å². The molecule has 4 rings (SSSR count). The minimum atomic E-state index is -0.267. The van der Waals surface area contributed by atoms with Gasteiger partial charge in [-0.3, -0.25) is 9.48 Å². The monoisotopic (exact) mass is 471 g/mol. The van der Waals surface area contributed by atoms with Crippen LogP contribution in [-0.4, -0.2) is 22.4 Å². The molecule has 0 aliphatic carbocycles. The van der Waals surface area contributed by atoms with Gasteiger partial charge in [-0.15, -0.1) is 0 Å². The minimum Gasteiger partial charge on any atom is -0.487 e. The fraction of sp³-hybridized carbons (Fsp3) is 0.310. The first-order valence-corrected chi connectivity index (χ1v) is 12.1. The van der Waals surface area contributed by atoms with E-state index in [1.54, 1.807) is 6.92 Å². The molecule has 6 heteroatoms. The highest BCUT2D eigenvalue weighted by atomic mass is 16.5. The number of aromatic nitrogens is 2. The van der Waals surface area contributed by atoms with Crippen molar-refractivity contribution < 1.29 is 14.3 Å². The lowest BCUT2D eigenvalue weighted by atomic mass is 9.99. The van der Waals surface area contributed by atoms with Crippen molar-refractivity contribution in [3.05, 3.63) is 83.6 Å². The normalized spacial score (nSPS) is 12.2. The molecule has 0 fully saturated rings. The van der Waals surface area contributed by atoms with Gasteiger partial charge in [-0.05, 0) is 68.7 Å². The summed E-state index contributed by atoms with van der Waals surface area (Å²) < 4.78 is 13.3. The Morgan fingerprint density at radius 1 is 1.00 bits per heavy atom. The number of hydrogen-bond acceptors (Lipinski definition) is 5. The maximum atomic E-state index is 12.0. The summed E-state index contributed by atoms with van der Waals surface area (Å²) in [4.78, 5) is 12.0. The van der Waals surface area contributed by atoms with Crippen molar-refractivity contribution in [2.75, 3.05) is 6.61 Å². The summed E-state index contributed by atoms with van der Waals surface area (Å²) in [6.07, 6.45) is 0.172. The zero-order valence-electron chi connectivity index (χ0n) is 20.8. The molecule has 1 heterocycles. The Morgan fingerprint density at radius 2 is 1.77 bits per heavy atom. The smallest absolute Gasteiger partial charge is 0.310 e. The molecule has 0 aliphatic heterocycles. The topological polar surface area (TPSA) is 79.4 Å². The molecule has 0 saturated carbocycles. The van der Waals surface area contributed by atoms with E-state index < -0.39 is 0 Å². The fourth-order valence-corrected chi connectivity index (χ4v) is 4.19. The van der Waals surface area contributed by atoms with E-state index in [2.05, 4.69) is 50.2 Å². The molecule has 1 aromatic heterocycles. The molecule has 0 radical (unpaired) electrons. The second-order valence-corrected chi connectivity index (χ2v) is 9.01. The Labute approximate surface area is 206 Å². The van der Waals surface area contributed by atoms with Gasteiger partial charge in [-0.25, -0.2) is 0 Å². The molecule has 2 N–H and O–H groups in total. The summed E-state index contributed by atoms with van der Waals surface area (Å²) in [6.45, 7) is 8.68. The zero-order chi connectivity index (χ0) is 24.9. The average molecular weight is 472 g/mol. The van der Waals surface area contributed by atoms with Gasteiger partial charge in [0.2, 0.25) is 0 Å². The van der Waals surface area contributed by atoms with Crippen LogP contribution >= 0.6 is 0 Å². The number of rotatable bonds is 9. The van der Waals surface area contributed by atoms with Crippen LogP contribution in [0.1, 0.15) is 56.6 Å². The van der Waals surface area contributed by atoms with E-state index in [-0.39, 0.29) is 24.5 Å². The summed E-state index contributed by atoms with van der Waals surface area (Å²) in [5, 5.41) is 5.93. The van der Waals surface area contributed by atoms with Crippen molar-refractivity contribution in [2.24, 2.45) is 5.73 Å². The second kappa shape index (κ2) is 10.7. The quantitative estimate of drug-likeness (QED) is 0.303. The zero-order valence-corrected chi connectivity index (χ0v) is 20.8. The van der Waals surface area contributed by atoms with Gasteiger partial charge in [-0.2, -0.15) is 5.10 Å². The van der Waals surface area contributed by atoms with Crippen LogP contribution < -0.4 is 10.5 Å². The summed E-state index contributed by atoms with van der Waals surface area (Å²) in [5.74, 6) is 0.394. The van der Waals surface area contributed by atoms with Gasteiger partial charge in [0.25, 0.3) is 0 Å². The highest BCUT2D eigenvalue weighted by Gasteiger charge is 2.16. The van der Waals surface area contributed by atoms with Crippen LogP contribution in [0, 0.1) is 0 Å². The Hall–Kier alpha value is -3.64. The van der Waals surface area contributed by atoms with E-state index >= 15 is 0 Å². The number of esters is 1. The number of benzene rings is 3. The molecular formula is C29H33N3O3. The van der Waals surface area contributed by atoms with Gasteiger partial charge in [0.15, 0.2) is 0 Å². The van der Waals surface area contributed by atoms with Crippen LogP contribution in [0.2, 0.25) is 0 Å².